The van der Waals surface area contributed by atoms with Crippen LogP contribution >= 0.6 is 0 Å². The summed E-state index contributed by atoms with van der Waals surface area (Å²) in [5.74, 6) is -3.19. The summed E-state index contributed by atoms with van der Waals surface area (Å²) in [5, 5.41) is 21.9. The number of hydrogen-bond donors (Lipinski definition) is 3. The van der Waals surface area contributed by atoms with Gasteiger partial charge in [0, 0.05) is 12.3 Å². The second-order valence-corrected chi connectivity index (χ2v) is 12.9. The van der Waals surface area contributed by atoms with Crippen LogP contribution in [0.2, 0.25) is 0 Å². The number of carbonyl (C=O) groups excluding carboxylic acids is 2. The van der Waals surface area contributed by atoms with Gasteiger partial charge in [-0.15, -0.1) is 0 Å². The Bertz CT molecular complexity index is 1040. The third-order valence-electron chi connectivity index (χ3n) is 9.42. The number of fused-ring (bicyclic) bond motifs is 2. The van der Waals surface area contributed by atoms with Crippen LogP contribution in [0.4, 0.5) is 13.2 Å². The molecule has 11 heteroatoms. The van der Waals surface area contributed by atoms with Gasteiger partial charge in [0.15, 0.2) is 5.60 Å². The minimum absolute atomic E-state index is 0.0969. The van der Waals surface area contributed by atoms with Gasteiger partial charge in [-0.2, -0.15) is 13.2 Å². The second kappa shape index (κ2) is 12.2. The Morgan fingerprint density at radius 3 is 2.44 bits per heavy atom. The molecule has 41 heavy (non-hydrogen) atoms. The number of ether oxygens (including phenoxy) is 3. The zero-order chi connectivity index (χ0) is 31.1. The standard InChI is InChI=1S/C30H46F3NO7/c1-8-16(3)39-14-20(34)9-15(2)22-11-24-29(41-24,30(31,32)33)13-19-10-21(19)17(4)26(37)18(5)27(38)28(6,7)23(35)12-25(36)40-22/h9,14,16-19,21-24,26,35,37H,8,10-13,34H2,1-7H3/b15-9+,20-14-/t16?,17-,18+,19?,21?,22-,23-,24?,26-,29?/m0/s1. The third kappa shape index (κ3) is 7.28. The van der Waals surface area contributed by atoms with Gasteiger partial charge in [-0.3, -0.25) is 9.59 Å². The fraction of sp³-hybridized carbons (Fsp3) is 0.800. The number of cyclic esters (lactones) is 1. The number of nitrogens with two attached hydrogens (primary N) is 1. The first kappa shape index (κ1) is 33.4. The average molecular weight is 590 g/mol. The highest BCUT2D eigenvalue weighted by atomic mass is 19.4. The van der Waals surface area contributed by atoms with E-state index in [1.54, 1.807) is 20.8 Å². The molecule has 0 aromatic rings. The number of aliphatic hydroxyl groups is 2. The van der Waals surface area contributed by atoms with E-state index < -0.39 is 71.6 Å². The van der Waals surface area contributed by atoms with Gasteiger partial charge in [0.1, 0.15) is 24.3 Å². The van der Waals surface area contributed by atoms with E-state index in [0.29, 0.717) is 12.0 Å². The van der Waals surface area contributed by atoms with E-state index >= 15 is 0 Å². The Hall–Kier alpha value is -2.11. The number of esters is 1. The number of alkyl halides is 3. The van der Waals surface area contributed by atoms with Crippen LogP contribution in [0.25, 0.3) is 0 Å². The molecule has 3 fully saturated rings. The fourth-order valence-electron chi connectivity index (χ4n) is 5.98. The maximum absolute atomic E-state index is 14.4. The number of allylic oxidation sites excluding steroid dienone is 1. The van der Waals surface area contributed by atoms with E-state index in [9.17, 15) is 33.0 Å². The topological polar surface area (TPSA) is 132 Å². The lowest BCUT2D eigenvalue weighted by molar-refractivity contribution is -0.187. The second-order valence-electron chi connectivity index (χ2n) is 12.9. The molecule has 0 aromatic heterocycles. The lowest BCUT2D eigenvalue weighted by Crippen LogP contribution is -2.46. The summed E-state index contributed by atoms with van der Waals surface area (Å²) in [6, 6.07) is 0. The molecular formula is C30H46F3NO7. The fourth-order valence-corrected chi connectivity index (χ4v) is 5.98. The summed E-state index contributed by atoms with van der Waals surface area (Å²) in [4.78, 5) is 26.3. The number of Topliss-reactive ketones (excluding diaryl/α,β-unsaturated/α-hetero) is 1. The molecule has 0 spiro atoms. The summed E-state index contributed by atoms with van der Waals surface area (Å²) in [5.41, 5.74) is 2.85. The molecule has 1 aliphatic carbocycles. The molecule has 0 radical (unpaired) electrons. The minimum Gasteiger partial charge on any atom is -0.496 e. The molecule has 234 valence electrons. The molecule has 0 bridgehead atoms. The first-order chi connectivity index (χ1) is 18.9. The predicted octanol–water partition coefficient (Wildman–Crippen LogP) is 4.57. The molecule has 3 aliphatic rings. The molecule has 8 nitrogen and oxygen atoms in total. The Balaban J connectivity index is 1.95. The molecule has 2 saturated heterocycles. The molecule has 4 N–H and O–H groups in total. The Kier molecular flexibility index (Phi) is 9.97. The van der Waals surface area contributed by atoms with Crippen LogP contribution in [0.3, 0.4) is 0 Å². The van der Waals surface area contributed by atoms with E-state index in [1.807, 2.05) is 13.8 Å². The highest BCUT2D eigenvalue weighted by Gasteiger charge is 2.74. The van der Waals surface area contributed by atoms with E-state index in [1.165, 1.54) is 26.2 Å². The van der Waals surface area contributed by atoms with Crippen molar-refractivity contribution in [3.05, 3.63) is 23.6 Å². The van der Waals surface area contributed by atoms with Crippen molar-refractivity contribution in [3.8, 4) is 0 Å². The van der Waals surface area contributed by atoms with Gasteiger partial charge < -0.3 is 30.2 Å². The Morgan fingerprint density at radius 2 is 1.85 bits per heavy atom. The van der Waals surface area contributed by atoms with Crippen LogP contribution in [0.15, 0.2) is 23.6 Å². The van der Waals surface area contributed by atoms with Crippen molar-refractivity contribution >= 4 is 11.8 Å². The van der Waals surface area contributed by atoms with Gasteiger partial charge in [0.25, 0.3) is 0 Å². The van der Waals surface area contributed by atoms with Crippen molar-refractivity contribution in [2.24, 2.45) is 34.8 Å². The number of aliphatic hydroxyl groups excluding tert-OH is 2. The molecular weight excluding hydrogens is 543 g/mol. The van der Waals surface area contributed by atoms with Gasteiger partial charge in [-0.05, 0) is 62.5 Å². The zero-order valence-electron chi connectivity index (χ0n) is 25.0. The molecule has 2 heterocycles. The zero-order valence-corrected chi connectivity index (χ0v) is 25.0. The molecule has 2 aliphatic heterocycles. The average Bonchev–Trinajstić information content (AvgIpc) is 3.80. The van der Waals surface area contributed by atoms with Crippen molar-refractivity contribution in [2.45, 2.75) is 123 Å². The van der Waals surface area contributed by atoms with Crippen LogP contribution < -0.4 is 5.73 Å². The van der Waals surface area contributed by atoms with Gasteiger partial charge in [0.05, 0.1) is 35.8 Å². The number of hydrogen-bond acceptors (Lipinski definition) is 8. The lowest BCUT2D eigenvalue weighted by atomic mass is 9.72. The smallest absolute Gasteiger partial charge is 0.420 e. The van der Waals surface area contributed by atoms with Crippen LogP contribution in [-0.2, 0) is 23.8 Å². The van der Waals surface area contributed by atoms with Gasteiger partial charge in [-0.1, -0.05) is 34.6 Å². The number of halogens is 3. The number of rotatable bonds is 5. The van der Waals surface area contributed by atoms with E-state index in [2.05, 4.69) is 0 Å². The van der Waals surface area contributed by atoms with E-state index in [-0.39, 0.29) is 36.5 Å². The van der Waals surface area contributed by atoms with Crippen molar-refractivity contribution < 1.29 is 47.2 Å². The molecule has 1 saturated carbocycles. The normalized spacial score (nSPS) is 39.7. The van der Waals surface area contributed by atoms with E-state index in [0.717, 1.165) is 6.42 Å². The summed E-state index contributed by atoms with van der Waals surface area (Å²) in [6.07, 6.45) is -6.75. The SMILES string of the molecule is CCC(C)O/C=C(N)/C=C(\C)[C@@H]1CC2OC2(C(F)(F)F)CC2CC2[C@H](C)[C@H](O)[C@@H](C)C(=O)C(C)(C)[C@@H](O)CC(=O)O1. The number of epoxide rings is 1. The highest BCUT2D eigenvalue weighted by molar-refractivity contribution is 5.88. The number of carbonyl (C=O) groups is 2. The summed E-state index contributed by atoms with van der Waals surface area (Å²) >= 11 is 0. The van der Waals surface area contributed by atoms with Crippen LogP contribution in [-0.4, -0.2) is 64.3 Å². The van der Waals surface area contributed by atoms with Crippen molar-refractivity contribution in [3.63, 3.8) is 0 Å². The third-order valence-corrected chi connectivity index (χ3v) is 9.42. The van der Waals surface area contributed by atoms with Gasteiger partial charge in [0.2, 0.25) is 0 Å². The first-order valence-electron chi connectivity index (χ1n) is 14.5. The maximum Gasteiger partial charge on any atom is 0.420 e. The Morgan fingerprint density at radius 1 is 1.22 bits per heavy atom. The van der Waals surface area contributed by atoms with Crippen LogP contribution in [0.1, 0.15) is 80.6 Å². The monoisotopic (exact) mass is 589 g/mol. The molecule has 0 amide bonds. The first-order valence-corrected chi connectivity index (χ1v) is 14.5. The number of ketones is 1. The summed E-state index contributed by atoms with van der Waals surface area (Å²) in [6.45, 7) is 11.7. The minimum atomic E-state index is -4.66. The van der Waals surface area contributed by atoms with Crippen LogP contribution in [0.5, 0.6) is 0 Å². The van der Waals surface area contributed by atoms with E-state index in [4.69, 9.17) is 19.9 Å². The lowest BCUT2D eigenvalue weighted by Gasteiger charge is -2.34. The van der Waals surface area contributed by atoms with Crippen molar-refractivity contribution in [2.75, 3.05) is 0 Å². The molecule has 0 aromatic carbocycles. The summed E-state index contributed by atoms with van der Waals surface area (Å²) in [7, 11) is 0. The predicted molar refractivity (Wildman–Crippen MR) is 145 cm³/mol. The summed E-state index contributed by atoms with van der Waals surface area (Å²) < 4.78 is 59.6. The van der Waals surface area contributed by atoms with Gasteiger partial charge in [-0.25, -0.2) is 0 Å². The Labute approximate surface area is 240 Å². The van der Waals surface area contributed by atoms with Crippen molar-refractivity contribution in [1.82, 2.24) is 0 Å². The largest absolute Gasteiger partial charge is 0.496 e. The quantitative estimate of drug-likeness (QED) is 0.184. The molecule has 5 unspecified atom stereocenters. The van der Waals surface area contributed by atoms with Gasteiger partial charge >= 0.3 is 12.1 Å². The molecule has 10 atom stereocenters. The molecule has 3 rings (SSSR count). The van der Waals surface area contributed by atoms with Crippen molar-refractivity contribution in [1.29, 1.82) is 0 Å². The van der Waals surface area contributed by atoms with Crippen LogP contribution in [0, 0.1) is 29.1 Å². The maximum atomic E-state index is 14.4. The highest BCUT2D eigenvalue weighted by Crippen LogP contribution is 2.61.